The Morgan fingerprint density at radius 1 is 0.972 bits per heavy atom. The molecule has 36 heavy (non-hydrogen) atoms. The minimum Gasteiger partial charge on any atom is -0.465 e. The number of carbonyl (C=O) groups excluding carboxylic acids is 3. The van der Waals surface area contributed by atoms with Crippen LogP contribution in [0, 0.1) is 13.8 Å². The average molecular weight is 497 g/mol. The van der Waals surface area contributed by atoms with Crippen molar-refractivity contribution in [2.45, 2.75) is 20.4 Å². The van der Waals surface area contributed by atoms with E-state index in [2.05, 4.69) is 0 Å². The van der Waals surface area contributed by atoms with Crippen LogP contribution in [0.3, 0.4) is 0 Å². The Kier molecular flexibility index (Phi) is 6.24. The summed E-state index contributed by atoms with van der Waals surface area (Å²) >= 11 is 0.948. The van der Waals surface area contributed by atoms with E-state index in [0.29, 0.717) is 16.2 Å². The molecule has 1 fully saturated rings. The molecule has 0 unspecified atom stereocenters. The lowest BCUT2D eigenvalue weighted by Crippen LogP contribution is -2.27. The second kappa shape index (κ2) is 9.51. The third-order valence-electron chi connectivity index (χ3n) is 6.39. The maximum Gasteiger partial charge on any atom is 0.339 e. The third kappa shape index (κ3) is 4.12. The smallest absolute Gasteiger partial charge is 0.339 e. The molecule has 0 atom stereocenters. The molecule has 1 aromatic heterocycles. The van der Waals surface area contributed by atoms with Crippen molar-refractivity contribution >= 4 is 45.7 Å². The van der Waals surface area contributed by atoms with E-state index in [4.69, 9.17) is 4.74 Å². The molecular weight excluding hydrogens is 472 g/mol. The number of hydrogen-bond acceptors (Lipinski definition) is 5. The first kappa shape index (κ1) is 23.6. The first-order valence-corrected chi connectivity index (χ1v) is 12.3. The van der Waals surface area contributed by atoms with Crippen molar-refractivity contribution in [3.8, 4) is 5.69 Å². The van der Waals surface area contributed by atoms with Gasteiger partial charge in [0.2, 0.25) is 0 Å². The van der Waals surface area contributed by atoms with Crippen molar-refractivity contribution in [3.05, 3.63) is 106 Å². The average Bonchev–Trinajstić information content (AvgIpc) is 3.32. The Morgan fingerprint density at radius 3 is 2.50 bits per heavy atom. The lowest BCUT2D eigenvalue weighted by atomic mass is 10.0. The van der Waals surface area contributed by atoms with Crippen LogP contribution in [0.25, 0.3) is 22.5 Å². The van der Waals surface area contributed by atoms with E-state index in [1.165, 1.54) is 12.0 Å². The van der Waals surface area contributed by atoms with Gasteiger partial charge in [0.25, 0.3) is 11.1 Å². The number of nitrogens with zero attached hydrogens (tertiary/aromatic N) is 2. The number of aryl methyl sites for hydroxylation is 1. The van der Waals surface area contributed by atoms with Gasteiger partial charge in [0.05, 0.1) is 29.8 Å². The van der Waals surface area contributed by atoms with Crippen LogP contribution in [-0.2, 0) is 16.1 Å². The molecule has 7 heteroatoms. The largest absolute Gasteiger partial charge is 0.465 e. The molecule has 2 heterocycles. The summed E-state index contributed by atoms with van der Waals surface area (Å²) in [6.45, 7) is 4.08. The van der Waals surface area contributed by atoms with Gasteiger partial charge < -0.3 is 9.30 Å². The van der Waals surface area contributed by atoms with Crippen LogP contribution in [0.5, 0.6) is 0 Å². The first-order valence-electron chi connectivity index (χ1n) is 11.5. The van der Waals surface area contributed by atoms with Crippen LogP contribution in [0.15, 0.2) is 77.7 Å². The van der Waals surface area contributed by atoms with E-state index in [0.717, 1.165) is 45.0 Å². The first-order chi connectivity index (χ1) is 17.4. The molecule has 0 spiro atoms. The minimum atomic E-state index is -0.422. The van der Waals surface area contributed by atoms with Gasteiger partial charge in [-0.1, -0.05) is 54.6 Å². The maximum atomic E-state index is 13.3. The quantitative estimate of drug-likeness (QED) is 0.241. The molecule has 0 aliphatic carbocycles. The van der Waals surface area contributed by atoms with E-state index in [1.807, 2.05) is 79.1 Å². The number of fused-ring (bicyclic) bond motifs is 1. The summed E-state index contributed by atoms with van der Waals surface area (Å²) in [5, 5.41) is 1.80. The fourth-order valence-electron chi connectivity index (χ4n) is 4.63. The van der Waals surface area contributed by atoms with Crippen LogP contribution in [0.2, 0.25) is 0 Å². The zero-order valence-corrected chi connectivity index (χ0v) is 21.0. The Morgan fingerprint density at radius 2 is 1.69 bits per heavy atom. The SMILES string of the molecule is COC(=O)c1ccccc1-n1c(C)cc(/C=C2\SC(=O)N(Cc3cccc4ccccc34)C2=O)c1C. The summed E-state index contributed by atoms with van der Waals surface area (Å²) in [6, 6.07) is 23.0. The van der Waals surface area contributed by atoms with Gasteiger partial charge in [0.15, 0.2) is 0 Å². The van der Waals surface area contributed by atoms with Crippen LogP contribution in [0.4, 0.5) is 4.79 Å². The van der Waals surface area contributed by atoms with Crippen molar-refractivity contribution in [2.24, 2.45) is 0 Å². The second-order valence-corrected chi connectivity index (χ2v) is 9.57. The van der Waals surface area contributed by atoms with E-state index in [-0.39, 0.29) is 17.7 Å². The van der Waals surface area contributed by atoms with E-state index < -0.39 is 5.97 Å². The standard InChI is InChI=1S/C29H24N2O4S/c1-18-15-22(19(2)31(18)25-14-7-6-13-24(25)28(33)35-3)16-26-27(32)30(29(34)36-26)17-21-11-8-10-20-9-4-5-12-23(20)21/h4-16H,17H2,1-3H3/b26-16-. The summed E-state index contributed by atoms with van der Waals surface area (Å²) in [7, 11) is 1.36. The predicted molar refractivity (Wildman–Crippen MR) is 142 cm³/mol. The Balaban J connectivity index is 1.47. The number of methoxy groups -OCH3 is 1. The van der Waals surface area contributed by atoms with E-state index >= 15 is 0 Å². The summed E-state index contributed by atoms with van der Waals surface area (Å²) < 4.78 is 6.91. The van der Waals surface area contributed by atoms with E-state index in [9.17, 15) is 14.4 Å². The number of thioether (sulfide) groups is 1. The molecule has 5 rings (SSSR count). The van der Waals surface area contributed by atoms with Gasteiger partial charge in [0, 0.05) is 11.4 Å². The molecule has 0 saturated carbocycles. The molecule has 0 bridgehead atoms. The van der Waals surface area contributed by atoms with Crippen LogP contribution in [0.1, 0.15) is 32.9 Å². The molecule has 0 N–H and O–H groups in total. The zero-order valence-electron chi connectivity index (χ0n) is 20.1. The monoisotopic (exact) mass is 496 g/mol. The molecule has 1 aliphatic rings. The third-order valence-corrected chi connectivity index (χ3v) is 7.30. The van der Waals surface area contributed by atoms with Gasteiger partial charge in [-0.2, -0.15) is 0 Å². The van der Waals surface area contributed by atoms with Crippen LogP contribution >= 0.6 is 11.8 Å². The second-order valence-electron chi connectivity index (χ2n) is 8.58. The van der Waals surface area contributed by atoms with Gasteiger partial charge in [-0.25, -0.2) is 4.79 Å². The lowest BCUT2D eigenvalue weighted by molar-refractivity contribution is -0.123. The molecule has 1 aliphatic heterocycles. The highest BCUT2D eigenvalue weighted by Gasteiger charge is 2.35. The number of para-hydroxylation sites is 1. The minimum absolute atomic E-state index is 0.217. The van der Waals surface area contributed by atoms with Crippen molar-refractivity contribution < 1.29 is 19.1 Å². The summed E-state index contributed by atoms with van der Waals surface area (Å²) in [5.74, 6) is -0.730. The number of hydrogen-bond donors (Lipinski definition) is 0. The molecular formula is C29H24N2O4S. The summed E-state index contributed by atoms with van der Waals surface area (Å²) in [5.41, 5.74) is 4.62. The molecule has 4 aromatic rings. The number of carbonyl (C=O) groups is 3. The number of amides is 2. The molecule has 6 nitrogen and oxygen atoms in total. The molecule has 180 valence electrons. The molecule has 1 saturated heterocycles. The van der Waals surface area contributed by atoms with Gasteiger partial charge in [-0.3, -0.25) is 14.5 Å². The number of benzene rings is 3. The van der Waals surface area contributed by atoms with Gasteiger partial charge in [-0.15, -0.1) is 0 Å². The number of rotatable bonds is 5. The molecule has 2 amide bonds. The number of imide groups is 1. The van der Waals surface area contributed by atoms with E-state index in [1.54, 1.807) is 18.2 Å². The van der Waals surface area contributed by atoms with Crippen molar-refractivity contribution in [1.29, 1.82) is 0 Å². The molecule has 3 aromatic carbocycles. The highest BCUT2D eigenvalue weighted by molar-refractivity contribution is 8.18. The van der Waals surface area contributed by atoms with Crippen molar-refractivity contribution in [2.75, 3.05) is 7.11 Å². The van der Waals surface area contributed by atoms with Crippen LogP contribution < -0.4 is 0 Å². The summed E-state index contributed by atoms with van der Waals surface area (Å²) in [4.78, 5) is 40.1. The van der Waals surface area contributed by atoms with Gasteiger partial charge in [0.1, 0.15) is 0 Å². The Hall–Kier alpha value is -4.10. The predicted octanol–water partition coefficient (Wildman–Crippen LogP) is 6.27. The fraction of sp³-hybridized carbons (Fsp3) is 0.138. The highest BCUT2D eigenvalue weighted by Crippen LogP contribution is 2.35. The van der Waals surface area contributed by atoms with Crippen LogP contribution in [-0.4, -0.2) is 33.7 Å². The highest BCUT2D eigenvalue weighted by atomic mass is 32.2. The number of ether oxygens (including phenoxy) is 1. The van der Waals surface area contributed by atoms with Gasteiger partial charge in [-0.05, 0) is 71.8 Å². The number of esters is 1. The fourth-order valence-corrected chi connectivity index (χ4v) is 5.46. The zero-order chi connectivity index (χ0) is 25.4. The van der Waals surface area contributed by atoms with Crippen molar-refractivity contribution in [1.82, 2.24) is 9.47 Å². The van der Waals surface area contributed by atoms with Crippen molar-refractivity contribution in [3.63, 3.8) is 0 Å². The summed E-state index contributed by atoms with van der Waals surface area (Å²) in [6.07, 6.45) is 1.76. The maximum absolute atomic E-state index is 13.3. The lowest BCUT2D eigenvalue weighted by Gasteiger charge is -2.14. The number of aromatic nitrogens is 1. The topological polar surface area (TPSA) is 68.6 Å². The normalized spacial score (nSPS) is 14.8. The Bertz CT molecular complexity index is 1560. The van der Waals surface area contributed by atoms with Gasteiger partial charge >= 0.3 is 5.97 Å². The Labute approximate surface area is 213 Å². The molecule has 0 radical (unpaired) electrons.